The summed E-state index contributed by atoms with van der Waals surface area (Å²) in [7, 11) is 0. The zero-order valence-electron chi connectivity index (χ0n) is 9.57. The summed E-state index contributed by atoms with van der Waals surface area (Å²) in [6.45, 7) is 1.46. The minimum Gasteiger partial charge on any atom is -0.354 e. The molecule has 1 saturated heterocycles. The summed E-state index contributed by atoms with van der Waals surface area (Å²) in [4.78, 5) is 13.2. The van der Waals surface area contributed by atoms with Crippen LogP contribution in [0.3, 0.4) is 0 Å². The number of carbonyl (C=O) groups excluding carboxylic acids is 1. The molecular weight excluding hydrogens is 214 g/mol. The second-order valence-electron chi connectivity index (χ2n) is 4.63. The molecular formula is C13H15N3O. The standard InChI is InChI=1S/C13H15N3O/c14-13-11-4-2-1-3-9(11)8-16(13)10-5-6-12(17)15-7-10/h1-4,10,14H,5-8H2,(H,15,17). The van der Waals surface area contributed by atoms with Crippen LogP contribution < -0.4 is 5.32 Å². The number of fused-ring (bicyclic) bond motifs is 1. The van der Waals surface area contributed by atoms with Gasteiger partial charge in [0.05, 0.1) is 0 Å². The van der Waals surface area contributed by atoms with Gasteiger partial charge in [-0.05, 0) is 12.0 Å². The van der Waals surface area contributed by atoms with Gasteiger partial charge in [0.1, 0.15) is 5.84 Å². The van der Waals surface area contributed by atoms with Gasteiger partial charge in [0.15, 0.2) is 0 Å². The SMILES string of the molecule is N=C1c2ccccc2CN1C1CCC(=O)NC1. The molecule has 0 aromatic heterocycles. The number of hydrogen-bond donors (Lipinski definition) is 2. The highest BCUT2D eigenvalue weighted by Gasteiger charge is 2.31. The third-order valence-corrected chi connectivity index (χ3v) is 3.58. The van der Waals surface area contributed by atoms with E-state index in [-0.39, 0.29) is 11.9 Å². The molecule has 1 amide bonds. The molecule has 0 radical (unpaired) electrons. The molecule has 1 aromatic rings. The van der Waals surface area contributed by atoms with Crippen LogP contribution in [-0.4, -0.2) is 29.2 Å². The summed E-state index contributed by atoms with van der Waals surface area (Å²) < 4.78 is 0. The molecule has 4 heteroatoms. The molecule has 1 fully saturated rings. The molecule has 0 aliphatic carbocycles. The number of carbonyl (C=O) groups is 1. The third-order valence-electron chi connectivity index (χ3n) is 3.58. The number of amidine groups is 1. The Bertz CT molecular complexity index is 473. The van der Waals surface area contributed by atoms with E-state index in [0.29, 0.717) is 18.8 Å². The smallest absolute Gasteiger partial charge is 0.220 e. The first-order chi connectivity index (χ1) is 8.25. The summed E-state index contributed by atoms with van der Waals surface area (Å²) in [5, 5.41) is 11.1. The molecule has 1 atom stereocenters. The van der Waals surface area contributed by atoms with Crippen molar-refractivity contribution >= 4 is 11.7 Å². The first-order valence-electron chi connectivity index (χ1n) is 5.96. The monoisotopic (exact) mass is 229 g/mol. The summed E-state index contributed by atoms with van der Waals surface area (Å²) in [6, 6.07) is 8.33. The van der Waals surface area contributed by atoms with E-state index in [1.807, 2.05) is 18.2 Å². The van der Waals surface area contributed by atoms with Gasteiger partial charge in [0.25, 0.3) is 0 Å². The topological polar surface area (TPSA) is 56.2 Å². The van der Waals surface area contributed by atoms with E-state index in [1.54, 1.807) is 0 Å². The van der Waals surface area contributed by atoms with E-state index < -0.39 is 0 Å². The normalized spacial score (nSPS) is 23.5. The lowest BCUT2D eigenvalue weighted by molar-refractivity contribution is -0.123. The Labute approximate surface area is 100 Å². The molecule has 0 spiro atoms. The predicted molar refractivity (Wildman–Crippen MR) is 64.8 cm³/mol. The quantitative estimate of drug-likeness (QED) is 0.757. The van der Waals surface area contributed by atoms with Crippen LogP contribution in [0.1, 0.15) is 24.0 Å². The van der Waals surface area contributed by atoms with Gasteiger partial charge in [0.2, 0.25) is 5.91 Å². The van der Waals surface area contributed by atoms with Crippen molar-refractivity contribution in [1.82, 2.24) is 10.2 Å². The highest BCUT2D eigenvalue weighted by Crippen LogP contribution is 2.26. The van der Waals surface area contributed by atoms with Crippen LogP contribution in [0.15, 0.2) is 24.3 Å². The number of hydrogen-bond acceptors (Lipinski definition) is 2. The zero-order chi connectivity index (χ0) is 11.8. The van der Waals surface area contributed by atoms with Crippen molar-refractivity contribution in [2.24, 2.45) is 0 Å². The lowest BCUT2D eigenvalue weighted by atomic mass is 10.1. The number of nitrogens with zero attached hydrogens (tertiary/aromatic N) is 1. The molecule has 2 aliphatic rings. The lowest BCUT2D eigenvalue weighted by Crippen LogP contribution is -2.48. The summed E-state index contributed by atoms with van der Waals surface area (Å²) >= 11 is 0. The van der Waals surface area contributed by atoms with Gasteiger partial charge in [0, 0.05) is 31.1 Å². The van der Waals surface area contributed by atoms with Gasteiger partial charge in [-0.1, -0.05) is 24.3 Å². The zero-order valence-corrected chi connectivity index (χ0v) is 9.57. The van der Waals surface area contributed by atoms with Crippen LogP contribution in [0.5, 0.6) is 0 Å². The first kappa shape index (κ1) is 10.3. The number of benzene rings is 1. The number of nitrogens with one attached hydrogen (secondary N) is 2. The maximum absolute atomic E-state index is 11.1. The fourth-order valence-corrected chi connectivity index (χ4v) is 2.60. The molecule has 1 unspecified atom stereocenters. The summed E-state index contributed by atoms with van der Waals surface area (Å²) in [5.41, 5.74) is 2.25. The van der Waals surface area contributed by atoms with Gasteiger partial charge in [-0.2, -0.15) is 0 Å². The fourth-order valence-electron chi connectivity index (χ4n) is 2.60. The van der Waals surface area contributed by atoms with E-state index in [2.05, 4.69) is 16.3 Å². The van der Waals surface area contributed by atoms with Gasteiger partial charge in [-0.25, -0.2) is 0 Å². The third kappa shape index (κ3) is 1.69. The van der Waals surface area contributed by atoms with Crippen molar-refractivity contribution in [1.29, 1.82) is 5.41 Å². The molecule has 17 heavy (non-hydrogen) atoms. The minimum absolute atomic E-state index is 0.129. The second-order valence-corrected chi connectivity index (χ2v) is 4.63. The number of rotatable bonds is 1. The Hall–Kier alpha value is -1.84. The number of amides is 1. The van der Waals surface area contributed by atoms with Crippen LogP contribution in [0.4, 0.5) is 0 Å². The van der Waals surface area contributed by atoms with Gasteiger partial charge >= 0.3 is 0 Å². The predicted octanol–water partition coefficient (Wildman–Crippen LogP) is 1.11. The van der Waals surface area contributed by atoms with E-state index in [1.165, 1.54) is 5.56 Å². The van der Waals surface area contributed by atoms with E-state index in [0.717, 1.165) is 18.5 Å². The Morgan fingerprint density at radius 3 is 2.88 bits per heavy atom. The Balaban J connectivity index is 1.80. The maximum atomic E-state index is 11.1. The Morgan fingerprint density at radius 1 is 1.35 bits per heavy atom. The van der Waals surface area contributed by atoms with Crippen molar-refractivity contribution in [3.05, 3.63) is 35.4 Å². The van der Waals surface area contributed by atoms with Crippen molar-refractivity contribution in [3.63, 3.8) is 0 Å². The minimum atomic E-state index is 0.129. The Kier molecular flexibility index (Phi) is 2.35. The summed E-state index contributed by atoms with van der Waals surface area (Å²) in [6.07, 6.45) is 1.42. The lowest BCUT2D eigenvalue weighted by Gasteiger charge is -2.32. The number of piperidine rings is 1. The van der Waals surface area contributed by atoms with Crippen LogP contribution >= 0.6 is 0 Å². The first-order valence-corrected chi connectivity index (χ1v) is 5.96. The molecule has 88 valence electrons. The van der Waals surface area contributed by atoms with Gasteiger partial charge in [-0.15, -0.1) is 0 Å². The molecule has 0 saturated carbocycles. The molecule has 3 rings (SSSR count). The van der Waals surface area contributed by atoms with Gasteiger partial charge < -0.3 is 10.2 Å². The van der Waals surface area contributed by atoms with Crippen molar-refractivity contribution in [3.8, 4) is 0 Å². The molecule has 2 aliphatic heterocycles. The average Bonchev–Trinajstić information content (AvgIpc) is 2.69. The van der Waals surface area contributed by atoms with Crippen molar-refractivity contribution in [2.75, 3.05) is 6.54 Å². The van der Waals surface area contributed by atoms with Crippen molar-refractivity contribution < 1.29 is 4.79 Å². The van der Waals surface area contributed by atoms with E-state index >= 15 is 0 Å². The van der Waals surface area contributed by atoms with E-state index in [9.17, 15) is 4.79 Å². The van der Waals surface area contributed by atoms with Crippen LogP contribution in [0, 0.1) is 5.41 Å². The molecule has 2 heterocycles. The highest BCUT2D eigenvalue weighted by atomic mass is 16.1. The van der Waals surface area contributed by atoms with Crippen LogP contribution in [-0.2, 0) is 11.3 Å². The van der Waals surface area contributed by atoms with Crippen LogP contribution in [0.25, 0.3) is 0 Å². The molecule has 1 aromatic carbocycles. The van der Waals surface area contributed by atoms with Gasteiger partial charge in [-0.3, -0.25) is 10.2 Å². The Morgan fingerprint density at radius 2 is 2.18 bits per heavy atom. The van der Waals surface area contributed by atoms with Crippen molar-refractivity contribution in [2.45, 2.75) is 25.4 Å². The van der Waals surface area contributed by atoms with E-state index in [4.69, 9.17) is 5.41 Å². The average molecular weight is 229 g/mol. The molecule has 4 nitrogen and oxygen atoms in total. The molecule has 0 bridgehead atoms. The largest absolute Gasteiger partial charge is 0.354 e. The summed E-state index contributed by atoms with van der Waals surface area (Å²) in [5.74, 6) is 0.728. The molecule has 2 N–H and O–H groups in total. The van der Waals surface area contributed by atoms with Crippen LogP contribution in [0.2, 0.25) is 0 Å². The highest BCUT2D eigenvalue weighted by molar-refractivity contribution is 6.00. The fraction of sp³-hybridized carbons (Fsp3) is 0.385. The maximum Gasteiger partial charge on any atom is 0.220 e. The second kappa shape index (κ2) is 3.87.